The maximum absolute atomic E-state index is 13.1. The van der Waals surface area contributed by atoms with E-state index in [1.54, 1.807) is 0 Å². The van der Waals surface area contributed by atoms with Crippen molar-refractivity contribution in [1.29, 1.82) is 0 Å². The molecule has 2 aliphatic heterocycles. The lowest BCUT2D eigenvalue weighted by molar-refractivity contribution is 0.0544. The Hall–Kier alpha value is -2.66. The molecule has 0 N–H and O–H groups in total. The molecule has 1 atom stereocenters. The smallest absolute Gasteiger partial charge is 0.274 e. The fourth-order valence-corrected chi connectivity index (χ4v) is 4.69. The van der Waals surface area contributed by atoms with Crippen molar-refractivity contribution in [2.75, 3.05) is 19.6 Å². The van der Waals surface area contributed by atoms with Crippen LogP contribution >= 0.6 is 0 Å². The number of aryl methyl sites for hydroxylation is 1. The van der Waals surface area contributed by atoms with Crippen molar-refractivity contribution in [3.8, 4) is 0 Å². The van der Waals surface area contributed by atoms with Crippen molar-refractivity contribution < 1.29 is 4.79 Å². The van der Waals surface area contributed by atoms with E-state index >= 15 is 0 Å². The first kappa shape index (κ1) is 17.4. The van der Waals surface area contributed by atoms with E-state index in [1.807, 2.05) is 40.8 Å². The van der Waals surface area contributed by atoms with Gasteiger partial charge in [-0.2, -0.15) is 0 Å². The molecule has 1 saturated heterocycles. The van der Waals surface area contributed by atoms with Crippen LogP contribution in [-0.4, -0.2) is 50.8 Å². The largest absolute Gasteiger partial charge is 0.336 e. The first-order valence-electron chi connectivity index (χ1n) is 10.2. The lowest BCUT2D eigenvalue weighted by atomic mass is 9.96. The van der Waals surface area contributed by atoms with Crippen LogP contribution in [-0.2, 0) is 13.0 Å². The van der Waals surface area contributed by atoms with Gasteiger partial charge in [-0.1, -0.05) is 30.3 Å². The molecule has 0 bridgehead atoms. The van der Waals surface area contributed by atoms with Gasteiger partial charge in [-0.25, -0.2) is 4.98 Å². The molecule has 1 fully saturated rings. The van der Waals surface area contributed by atoms with E-state index in [-0.39, 0.29) is 5.91 Å². The number of fused-ring (bicyclic) bond motifs is 2. The minimum atomic E-state index is 0.0604. The zero-order valence-corrected chi connectivity index (χ0v) is 16.3. The number of pyridine rings is 1. The van der Waals surface area contributed by atoms with Gasteiger partial charge < -0.3 is 9.30 Å². The fraction of sp³-hybridized carbons (Fsp3) is 0.391. The summed E-state index contributed by atoms with van der Waals surface area (Å²) in [6.45, 7) is 5.73. The van der Waals surface area contributed by atoms with Gasteiger partial charge in [-0.15, -0.1) is 0 Å². The average Bonchev–Trinajstić information content (AvgIpc) is 3.19. The topological polar surface area (TPSA) is 40.9 Å². The lowest BCUT2D eigenvalue weighted by Crippen LogP contribution is -2.51. The van der Waals surface area contributed by atoms with Crippen molar-refractivity contribution in [3.05, 3.63) is 71.2 Å². The van der Waals surface area contributed by atoms with Crippen LogP contribution in [0.2, 0.25) is 0 Å². The van der Waals surface area contributed by atoms with Gasteiger partial charge in [0.2, 0.25) is 0 Å². The summed E-state index contributed by atoms with van der Waals surface area (Å²) in [5.41, 5.74) is 5.42. The maximum Gasteiger partial charge on any atom is 0.274 e. The second-order valence-corrected chi connectivity index (χ2v) is 8.08. The van der Waals surface area contributed by atoms with E-state index in [1.165, 1.54) is 11.1 Å². The Kier molecular flexibility index (Phi) is 4.40. The molecule has 28 heavy (non-hydrogen) atoms. The number of aromatic nitrogens is 2. The first-order valence-corrected chi connectivity index (χ1v) is 10.2. The molecule has 5 nitrogen and oxygen atoms in total. The summed E-state index contributed by atoms with van der Waals surface area (Å²) in [6, 6.07) is 13.2. The maximum atomic E-state index is 13.1. The Labute approximate surface area is 165 Å². The van der Waals surface area contributed by atoms with E-state index in [2.05, 4.69) is 34.1 Å². The number of carbonyl (C=O) groups excluding carboxylic acids is 1. The molecular weight excluding hydrogens is 348 g/mol. The highest BCUT2D eigenvalue weighted by Gasteiger charge is 2.31. The van der Waals surface area contributed by atoms with E-state index in [0.717, 1.165) is 56.7 Å². The molecule has 0 saturated carbocycles. The molecular formula is C23H26N4O. The highest BCUT2D eigenvalue weighted by Crippen LogP contribution is 2.25. The van der Waals surface area contributed by atoms with Gasteiger partial charge in [0.15, 0.2) is 0 Å². The summed E-state index contributed by atoms with van der Waals surface area (Å²) >= 11 is 0. The van der Waals surface area contributed by atoms with Crippen LogP contribution in [0.4, 0.5) is 0 Å². The predicted octanol–water partition coefficient (Wildman–Crippen LogP) is 3.31. The van der Waals surface area contributed by atoms with Crippen LogP contribution in [0.1, 0.15) is 40.0 Å². The SMILES string of the molecule is Cc1cccn2cc(C(=O)N3CCC[C@@H](N4CCc5ccccc5C4)C3)nc12. The number of nitrogens with zero attached hydrogens (tertiary/aromatic N) is 4. The third-order valence-electron chi connectivity index (χ3n) is 6.26. The van der Waals surface area contributed by atoms with Gasteiger partial charge in [0.05, 0.1) is 0 Å². The normalized spacial score (nSPS) is 20.3. The van der Waals surface area contributed by atoms with Crippen LogP contribution in [0.3, 0.4) is 0 Å². The number of carbonyl (C=O) groups is 1. The van der Waals surface area contributed by atoms with Crippen LogP contribution in [0, 0.1) is 6.92 Å². The predicted molar refractivity (Wildman–Crippen MR) is 109 cm³/mol. The molecule has 0 spiro atoms. The van der Waals surface area contributed by atoms with Crippen molar-refractivity contribution in [2.45, 2.75) is 38.8 Å². The third-order valence-corrected chi connectivity index (χ3v) is 6.26. The summed E-state index contributed by atoms with van der Waals surface area (Å²) in [7, 11) is 0. The Balaban J connectivity index is 1.32. The number of hydrogen-bond acceptors (Lipinski definition) is 3. The fourth-order valence-electron chi connectivity index (χ4n) is 4.69. The number of likely N-dealkylation sites (tertiary alicyclic amines) is 1. The van der Waals surface area contributed by atoms with Crippen molar-refractivity contribution >= 4 is 11.6 Å². The number of hydrogen-bond donors (Lipinski definition) is 0. The van der Waals surface area contributed by atoms with E-state index in [0.29, 0.717) is 11.7 Å². The van der Waals surface area contributed by atoms with Crippen LogP contribution in [0.25, 0.3) is 5.65 Å². The molecule has 0 unspecified atom stereocenters. The molecule has 144 valence electrons. The molecule has 2 aromatic heterocycles. The minimum absolute atomic E-state index is 0.0604. The summed E-state index contributed by atoms with van der Waals surface area (Å²) in [5.74, 6) is 0.0604. The molecule has 2 aliphatic rings. The molecule has 5 rings (SSSR count). The highest BCUT2D eigenvalue weighted by molar-refractivity contribution is 5.93. The summed E-state index contributed by atoms with van der Waals surface area (Å²) in [4.78, 5) is 22.3. The summed E-state index contributed by atoms with van der Waals surface area (Å²) in [5, 5.41) is 0. The molecule has 1 amide bonds. The van der Waals surface area contributed by atoms with E-state index < -0.39 is 0 Å². The lowest BCUT2D eigenvalue weighted by Gasteiger charge is -2.41. The quantitative estimate of drug-likeness (QED) is 0.691. The molecule has 1 aromatic carbocycles. The molecule has 4 heterocycles. The third kappa shape index (κ3) is 3.10. The van der Waals surface area contributed by atoms with Crippen molar-refractivity contribution in [2.24, 2.45) is 0 Å². The number of benzene rings is 1. The van der Waals surface area contributed by atoms with Gasteiger partial charge >= 0.3 is 0 Å². The molecule has 5 heteroatoms. The minimum Gasteiger partial charge on any atom is -0.336 e. The second kappa shape index (κ2) is 7.06. The second-order valence-electron chi connectivity index (χ2n) is 8.08. The number of piperidine rings is 1. The van der Waals surface area contributed by atoms with Gasteiger partial charge in [0.25, 0.3) is 5.91 Å². The standard InChI is InChI=1S/C23H26N4O/c1-17-6-4-11-26-16-21(24-22(17)26)23(28)27-12-5-9-20(15-27)25-13-10-18-7-2-3-8-19(18)14-25/h2-4,6-8,11,16,20H,5,9-10,12-15H2,1H3/t20-/m1/s1. The molecule has 0 radical (unpaired) electrons. The van der Waals surface area contributed by atoms with Gasteiger partial charge in [-0.05, 0) is 48.9 Å². The average molecular weight is 374 g/mol. The van der Waals surface area contributed by atoms with Crippen molar-refractivity contribution in [1.82, 2.24) is 19.2 Å². The van der Waals surface area contributed by atoms with Gasteiger partial charge in [0, 0.05) is 44.6 Å². The van der Waals surface area contributed by atoms with Crippen molar-refractivity contribution in [3.63, 3.8) is 0 Å². The van der Waals surface area contributed by atoms with E-state index in [4.69, 9.17) is 0 Å². The Bertz CT molecular complexity index is 1020. The van der Waals surface area contributed by atoms with Gasteiger partial charge in [-0.3, -0.25) is 9.69 Å². The zero-order valence-electron chi connectivity index (χ0n) is 16.3. The molecule has 3 aromatic rings. The molecule has 0 aliphatic carbocycles. The van der Waals surface area contributed by atoms with E-state index in [9.17, 15) is 4.79 Å². The first-order chi connectivity index (χ1) is 13.7. The number of amides is 1. The number of imidazole rings is 1. The van der Waals surface area contributed by atoms with Crippen LogP contribution in [0.5, 0.6) is 0 Å². The zero-order chi connectivity index (χ0) is 19.1. The Morgan fingerprint density at radius 1 is 1.11 bits per heavy atom. The van der Waals surface area contributed by atoms with Crippen LogP contribution < -0.4 is 0 Å². The summed E-state index contributed by atoms with van der Waals surface area (Å²) in [6.07, 6.45) is 7.14. The van der Waals surface area contributed by atoms with Crippen LogP contribution in [0.15, 0.2) is 48.8 Å². The summed E-state index contributed by atoms with van der Waals surface area (Å²) < 4.78 is 1.95. The Morgan fingerprint density at radius 2 is 1.96 bits per heavy atom. The highest BCUT2D eigenvalue weighted by atomic mass is 16.2. The van der Waals surface area contributed by atoms with Gasteiger partial charge in [0.1, 0.15) is 11.3 Å². The monoisotopic (exact) mass is 374 g/mol. The number of rotatable bonds is 2. The Morgan fingerprint density at radius 3 is 2.82 bits per heavy atom.